The van der Waals surface area contributed by atoms with E-state index < -0.39 is 5.82 Å². The molecule has 0 amide bonds. The predicted molar refractivity (Wildman–Crippen MR) is 89.9 cm³/mol. The maximum Gasteiger partial charge on any atom is 0.280 e. The molecule has 26 heavy (non-hydrogen) atoms. The molecule has 3 heterocycles. The number of nitrogens with zero attached hydrogens (tertiary/aromatic N) is 5. The number of piperidine rings is 1. The van der Waals surface area contributed by atoms with Crippen molar-refractivity contribution in [2.45, 2.75) is 32.4 Å². The van der Waals surface area contributed by atoms with Crippen molar-refractivity contribution in [1.82, 2.24) is 30.5 Å². The van der Waals surface area contributed by atoms with Crippen LogP contribution in [0.3, 0.4) is 0 Å². The van der Waals surface area contributed by atoms with Gasteiger partial charge in [-0.05, 0) is 45.0 Å². The molecule has 1 saturated heterocycles. The van der Waals surface area contributed by atoms with Crippen molar-refractivity contribution < 1.29 is 13.7 Å². The lowest BCUT2D eigenvalue weighted by Crippen LogP contribution is -2.30. The van der Waals surface area contributed by atoms with Gasteiger partial charge in [0.05, 0.1) is 11.7 Å². The fourth-order valence-electron chi connectivity index (χ4n) is 3.05. The van der Waals surface area contributed by atoms with Crippen molar-refractivity contribution in [2.75, 3.05) is 13.1 Å². The molecular weight excluding hydrogens is 339 g/mol. The van der Waals surface area contributed by atoms with Gasteiger partial charge in [-0.1, -0.05) is 22.5 Å². The lowest BCUT2D eigenvalue weighted by Gasteiger charge is -2.23. The summed E-state index contributed by atoms with van der Waals surface area (Å²) in [6.45, 7) is 3.89. The van der Waals surface area contributed by atoms with Crippen LogP contribution < -0.4 is 10.1 Å². The van der Waals surface area contributed by atoms with E-state index in [-0.39, 0.29) is 18.2 Å². The number of para-hydroxylation sites is 1. The Morgan fingerprint density at radius 2 is 2.12 bits per heavy atom. The zero-order valence-electron chi connectivity index (χ0n) is 14.4. The highest BCUT2D eigenvalue weighted by Gasteiger charge is 2.23. The predicted octanol–water partition coefficient (Wildman–Crippen LogP) is 2.28. The molecule has 136 valence electrons. The van der Waals surface area contributed by atoms with Crippen molar-refractivity contribution in [3.8, 4) is 17.3 Å². The molecule has 0 spiro atoms. The van der Waals surface area contributed by atoms with E-state index in [2.05, 4.69) is 25.8 Å². The summed E-state index contributed by atoms with van der Waals surface area (Å²) < 4.78 is 26.2. The van der Waals surface area contributed by atoms with E-state index in [1.165, 1.54) is 6.07 Å². The number of nitrogens with one attached hydrogen (secondary N) is 1. The summed E-state index contributed by atoms with van der Waals surface area (Å²) in [6.07, 6.45) is 2.02. The average Bonchev–Trinajstić information content (AvgIpc) is 3.28. The third kappa shape index (κ3) is 3.30. The van der Waals surface area contributed by atoms with Gasteiger partial charge < -0.3 is 14.6 Å². The Kier molecular flexibility index (Phi) is 4.61. The van der Waals surface area contributed by atoms with Crippen molar-refractivity contribution in [3.05, 3.63) is 41.6 Å². The van der Waals surface area contributed by atoms with E-state index in [4.69, 9.17) is 9.26 Å². The van der Waals surface area contributed by atoms with E-state index >= 15 is 0 Å². The van der Waals surface area contributed by atoms with Gasteiger partial charge in [-0.3, -0.25) is 0 Å². The molecule has 0 aliphatic carbocycles. The number of ether oxygens (including phenoxy) is 1. The first kappa shape index (κ1) is 16.6. The summed E-state index contributed by atoms with van der Waals surface area (Å²) in [6, 6.07) is 6.50. The Morgan fingerprint density at radius 3 is 2.92 bits per heavy atom. The second-order valence-electron chi connectivity index (χ2n) is 6.18. The summed E-state index contributed by atoms with van der Waals surface area (Å²) in [7, 11) is 0. The minimum atomic E-state index is -0.433. The molecular formula is C17H19FN6O2. The van der Waals surface area contributed by atoms with Gasteiger partial charge in [-0.15, -0.1) is 5.10 Å². The molecule has 4 rings (SSSR count). The standard InChI is InChI=1S/C17H19FN6O2/c1-11-16(21-23-24(11)12-6-8-19-9-7-12)17-20-15(22-26-17)10-25-14-5-3-2-4-13(14)18/h2-5,12,19H,6-10H2,1H3. The van der Waals surface area contributed by atoms with Gasteiger partial charge in [0.25, 0.3) is 5.89 Å². The fourth-order valence-corrected chi connectivity index (χ4v) is 3.05. The van der Waals surface area contributed by atoms with E-state index in [9.17, 15) is 4.39 Å². The number of hydrogen-bond donors (Lipinski definition) is 1. The molecule has 0 radical (unpaired) electrons. The summed E-state index contributed by atoms with van der Waals surface area (Å²) in [5.74, 6) is 0.317. The normalized spacial score (nSPS) is 15.3. The molecule has 0 saturated carbocycles. The number of hydrogen-bond acceptors (Lipinski definition) is 7. The van der Waals surface area contributed by atoms with E-state index in [0.29, 0.717) is 17.6 Å². The third-order valence-corrected chi connectivity index (χ3v) is 4.45. The monoisotopic (exact) mass is 358 g/mol. The van der Waals surface area contributed by atoms with E-state index in [1.54, 1.807) is 18.2 Å². The van der Waals surface area contributed by atoms with E-state index in [0.717, 1.165) is 31.6 Å². The van der Waals surface area contributed by atoms with Crippen molar-refractivity contribution >= 4 is 0 Å². The second kappa shape index (κ2) is 7.20. The van der Waals surface area contributed by atoms with Crippen molar-refractivity contribution in [1.29, 1.82) is 0 Å². The Balaban J connectivity index is 1.48. The highest BCUT2D eigenvalue weighted by atomic mass is 19.1. The van der Waals surface area contributed by atoms with Gasteiger partial charge >= 0.3 is 0 Å². The van der Waals surface area contributed by atoms with Gasteiger partial charge in [-0.2, -0.15) is 4.98 Å². The first-order chi connectivity index (χ1) is 12.7. The molecule has 1 aliphatic heterocycles. The van der Waals surface area contributed by atoms with Crippen molar-refractivity contribution in [3.63, 3.8) is 0 Å². The number of benzene rings is 1. The number of aromatic nitrogens is 5. The maximum absolute atomic E-state index is 13.6. The van der Waals surface area contributed by atoms with Crippen LogP contribution in [0, 0.1) is 12.7 Å². The number of rotatable bonds is 5. The van der Waals surface area contributed by atoms with Gasteiger partial charge in [0.1, 0.15) is 0 Å². The molecule has 0 atom stereocenters. The third-order valence-electron chi connectivity index (χ3n) is 4.45. The van der Waals surface area contributed by atoms with Gasteiger partial charge in [0.15, 0.2) is 23.9 Å². The molecule has 1 aliphatic rings. The zero-order valence-corrected chi connectivity index (χ0v) is 14.4. The lowest BCUT2D eigenvalue weighted by atomic mass is 10.1. The molecule has 9 heteroatoms. The topological polar surface area (TPSA) is 90.9 Å². The lowest BCUT2D eigenvalue weighted by molar-refractivity contribution is 0.274. The van der Waals surface area contributed by atoms with Gasteiger partial charge in [0, 0.05) is 0 Å². The minimum absolute atomic E-state index is 0.00587. The fraction of sp³-hybridized carbons (Fsp3) is 0.412. The van der Waals surface area contributed by atoms with Gasteiger partial charge in [-0.25, -0.2) is 9.07 Å². The molecule has 0 unspecified atom stereocenters. The summed E-state index contributed by atoms with van der Waals surface area (Å²) in [4.78, 5) is 4.29. The summed E-state index contributed by atoms with van der Waals surface area (Å²) in [5.41, 5.74) is 1.45. The van der Waals surface area contributed by atoms with Crippen LogP contribution in [0.2, 0.25) is 0 Å². The van der Waals surface area contributed by atoms with Crippen LogP contribution in [0.15, 0.2) is 28.8 Å². The quantitative estimate of drug-likeness (QED) is 0.748. The van der Waals surface area contributed by atoms with Gasteiger partial charge in [0.2, 0.25) is 5.82 Å². The van der Waals surface area contributed by atoms with Crippen molar-refractivity contribution in [2.24, 2.45) is 0 Å². The molecule has 8 nitrogen and oxygen atoms in total. The summed E-state index contributed by atoms with van der Waals surface area (Å²) in [5, 5.41) is 15.7. The van der Waals surface area contributed by atoms with E-state index in [1.807, 2.05) is 11.6 Å². The molecule has 1 aromatic carbocycles. The van der Waals surface area contributed by atoms with Crippen LogP contribution in [0.5, 0.6) is 5.75 Å². The minimum Gasteiger partial charge on any atom is -0.482 e. The van der Waals surface area contributed by atoms with Crippen LogP contribution >= 0.6 is 0 Å². The molecule has 1 fully saturated rings. The maximum atomic E-state index is 13.6. The average molecular weight is 358 g/mol. The Labute approximate surface area is 149 Å². The Bertz CT molecular complexity index is 887. The van der Waals surface area contributed by atoms with Crippen LogP contribution in [-0.2, 0) is 6.61 Å². The highest BCUT2D eigenvalue weighted by Crippen LogP contribution is 2.25. The largest absolute Gasteiger partial charge is 0.482 e. The zero-order chi connectivity index (χ0) is 17.9. The number of halogens is 1. The Morgan fingerprint density at radius 1 is 1.31 bits per heavy atom. The molecule has 3 aromatic rings. The smallest absolute Gasteiger partial charge is 0.280 e. The van der Waals surface area contributed by atoms with Crippen LogP contribution in [0.25, 0.3) is 11.6 Å². The first-order valence-electron chi connectivity index (χ1n) is 8.55. The van der Waals surface area contributed by atoms with Crippen LogP contribution in [0.1, 0.15) is 30.4 Å². The molecule has 0 bridgehead atoms. The summed E-state index contributed by atoms with van der Waals surface area (Å²) >= 11 is 0. The second-order valence-corrected chi connectivity index (χ2v) is 6.18. The first-order valence-corrected chi connectivity index (χ1v) is 8.55. The Hall–Kier alpha value is -2.81. The molecule has 2 aromatic heterocycles. The highest BCUT2D eigenvalue weighted by molar-refractivity contribution is 5.49. The van der Waals surface area contributed by atoms with Crippen LogP contribution in [0.4, 0.5) is 4.39 Å². The van der Waals surface area contributed by atoms with Crippen LogP contribution in [-0.4, -0.2) is 38.2 Å². The molecule has 1 N–H and O–H groups in total. The SMILES string of the molecule is Cc1c(-c2nc(COc3ccccc3F)no2)nnn1C1CCNCC1.